The number of fused-ring (bicyclic) bond motifs is 1. The summed E-state index contributed by atoms with van der Waals surface area (Å²) in [6.07, 6.45) is -0.764. The molecule has 6 heteroatoms. The summed E-state index contributed by atoms with van der Waals surface area (Å²) in [4.78, 5) is 22.9. The molecule has 6 nitrogen and oxygen atoms in total. The van der Waals surface area contributed by atoms with Crippen molar-refractivity contribution in [3.05, 3.63) is 76.3 Å². The van der Waals surface area contributed by atoms with Crippen molar-refractivity contribution < 1.29 is 14.5 Å². The van der Waals surface area contributed by atoms with Crippen LogP contribution in [0.1, 0.15) is 12.5 Å². The Kier molecular flexibility index (Phi) is 4.84. The number of anilines is 1. The Morgan fingerprint density at radius 3 is 2.62 bits per heavy atom. The van der Waals surface area contributed by atoms with Gasteiger partial charge in [-0.3, -0.25) is 14.9 Å². The molecule has 0 saturated carbocycles. The molecule has 0 aliphatic carbocycles. The summed E-state index contributed by atoms with van der Waals surface area (Å²) >= 11 is 0. The zero-order valence-corrected chi connectivity index (χ0v) is 14.4. The third kappa shape index (κ3) is 3.64. The second kappa shape index (κ2) is 7.23. The van der Waals surface area contributed by atoms with Crippen LogP contribution in [0.2, 0.25) is 0 Å². The smallest absolute Gasteiger partial charge is 0.271 e. The lowest BCUT2D eigenvalue weighted by molar-refractivity contribution is -0.384. The molecular weight excluding hydrogens is 332 g/mol. The largest absolute Gasteiger partial charge is 0.480 e. The highest BCUT2D eigenvalue weighted by atomic mass is 16.6. The Morgan fingerprint density at radius 1 is 1.12 bits per heavy atom. The van der Waals surface area contributed by atoms with Crippen LogP contribution in [-0.2, 0) is 4.79 Å². The Labute approximate surface area is 150 Å². The van der Waals surface area contributed by atoms with Gasteiger partial charge in [-0.2, -0.15) is 0 Å². The van der Waals surface area contributed by atoms with Gasteiger partial charge in [0.2, 0.25) is 0 Å². The molecule has 0 aliphatic rings. The van der Waals surface area contributed by atoms with Crippen molar-refractivity contribution in [2.24, 2.45) is 0 Å². The van der Waals surface area contributed by atoms with Gasteiger partial charge in [0.05, 0.1) is 10.6 Å². The first-order valence-electron chi connectivity index (χ1n) is 8.16. The molecule has 0 heterocycles. The van der Waals surface area contributed by atoms with E-state index in [1.54, 1.807) is 19.9 Å². The Balaban J connectivity index is 1.78. The van der Waals surface area contributed by atoms with Crippen LogP contribution in [0, 0.1) is 17.0 Å². The van der Waals surface area contributed by atoms with Crippen molar-refractivity contribution >= 4 is 28.1 Å². The normalized spacial score (nSPS) is 11.8. The predicted molar refractivity (Wildman–Crippen MR) is 101 cm³/mol. The van der Waals surface area contributed by atoms with E-state index in [4.69, 9.17) is 4.74 Å². The Bertz CT molecular complexity index is 979. The minimum atomic E-state index is -0.764. The number of hydrogen-bond acceptors (Lipinski definition) is 4. The molecule has 0 radical (unpaired) electrons. The minimum absolute atomic E-state index is 0.0754. The fourth-order valence-electron chi connectivity index (χ4n) is 2.64. The maximum Gasteiger partial charge on any atom is 0.271 e. The molecule has 0 unspecified atom stereocenters. The van der Waals surface area contributed by atoms with Crippen molar-refractivity contribution in [3.63, 3.8) is 0 Å². The van der Waals surface area contributed by atoms with E-state index in [-0.39, 0.29) is 11.6 Å². The average Bonchev–Trinajstić information content (AvgIpc) is 2.63. The van der Waals surface area contributed by atoms with Crippen LogP contribution in [0.15, 0.2) is 60.7 Å². The van der Waals surface area contributed by atoms with E-state index < -0.39 is 11.0 Å². The standard InChI is InChI=1S/C20H18N2O4/c1-13-10-11-16(22(24)25)12-18(13)21-20(23)14(2)26-19-9-5-7-15-6-3-4-8-17(15)19/h3-12,14H,1-2H3,(H,21,23)/t14-/m0/s1. The molecule has 1 amide bonds. The van der Waals surface area contributed by atoms with Gasteiger partial charge in [-0.25, -0.2) is 0 Å². The fourth-order valence-corrected chi connectivity index (χ4v) is 2.64. The van der Waals surface area contributed by atoms with E-state index in [1.807, 2.05) is 42.5 Å². The summed E-state index contributed by atoms with van der Waals surface area (Å²) in [5.74, 6) is 0.239. The minimum Gasteiger partial charge on any atom is -0.480 e. The highest BCUT2D eigenvalue weighted by molar-refractivity contribution is 5.95. The molecule has 0 spiro atoms. The molecular formula is C20H18N2O4. The second-order valence-corrected chi connectivity index (χ2v) is 5.98. The van der Waals surface area contributed by atoms with Crippen molar-refractivity contribution in [2.45, 2.75) is 20.0 Å². The van der Waals surface area contributed by atoms with E-state index >= 15 is 0 Å². The molecule has 3 rings (SSSR count). The van der Waals surface area contributed by atoms with Crippen LogP contribution >= 0.6 is 0 Å². The van der Waals surface area contributed by atoms with Crippen LogP contribution in [0.4, 0.5) is 11.4 Å². The monoisotopic (exact) mass is 350 g/mol. The van der Waals surface area contributed by atoms with Gasteiger partial charge in [0, 0.05) is 17.5 Å². The Morgan fingerprint density at radius 2 is 1.85 bits per heavy atom. The topological polar surface area (TPSA) is 81.5 Å². The average molecular weight is 350 g/mol. The van der Waals surface area contributed by atoms with E-state index in [2.05, 4.69) is 5.32 Å². The summed E-state index contributed by atoms with van der Waals surface area (Å²) in [7, 11) is 0. The number of nitrogens with one attached hydrogen (secondary N) is 1. The number of carbonyl (C=O) groups excluding carboxylic acids is 1. The van der Waals surface area contributed by atoms with Gasteiger partial charge in [0.15, 0.2) is 6.10 Å². The molecule has 3 aromatic carbocycles. The van der Waals surface area contributed by atoms with Crippen molar-refractivity contribution in [1.82, 2.24) is 0 Å². The van der Waals surface area contributed by atoms with E-state index in [0.29, 0.717) is 11.4 Å². The number of rotatable bonds is 5. The zero-order valence-electron chi connectivity index (χ0n) is 14.4. The van der Waals surface area contributed by atoms with Gasteiger partial charge in [0.1, 0.15) is 5.75 Å². The van der Waals surface area contributed by atoms with Crippen molar-refractivity contribution in [3.8, 4) is 5.75 Å². The second-order valence-electron chi connectivity index (χ2n) is 5.98. The highest BCUT2D eigenvalue weighted by Crippen LogP contribution is 2.27. The molecule has 132 valence electrons. The van der Waals surface area contributed by atoms with E-state index in [9.17, 15) is 14.9 Å². The van der Waals surface area contributed by atoms with Gasteiger partial charge < -0.3 is 10.1 Å². The number of nitro groups is 1. The van der Waals surface area contributed by atoms with Gasteiger partial charge in [-0.15, -0.1) is 0 Å². The molecule has 0 aliphatic heterocycles. The Hall–Kier alpha value is -3.41. The predicted octanol–water partition coefficient (Wildman–Crippen LogP) is 4.46. The third-order valence-electron chi connectivity index (χ3n) is 4.11. The van der Waals surface area contributed by atoms with E-state index in [1.165, 1.54) is 12.1 Å². The first kappa shape index (κ1) is 17.4. The van der Waals surface area contributed by atoms with Gasteiger partial charge >= 0.3 is 0 Å². The number of carbonyl (C=O) groups is 1. The first-order valence-corrected chi connectivity index (χ1v) is 8.16. The van der Waals surface area contributed by atoms with Gasteiger partial charge in [-0.05, 0) is 30.9 Å². The number of aryl methyl sites for hydroxylation is 1. The molecule has 0 bridgehead atoms. The molecule has 3 aromatic rings. The number of hydrogen-bond donors (Lipinski definition) is 1. The molecule has 1 N–H and O–H groups in total. The SMILES string of the molecule is Cc1ccc([N+](=O)[O-])cc1NC(=O)[C@H](C)Oc1cccc2ccccc12. The van der Waals surface area contributed by atoms with Gasteiger partial charge in [0.25, 0.3) is 11.6 Å². The third-order valence-corrected chi connectivity index (χ3v) is 4.11. The van der Waals surface area contributed by atoms with Crippen LogP contribution in [0.25, 0.3) is 10.8 Å². The maximum absolute atomic E-state index is 12.5. The molecule has 26 heavy (non-hydrogen) atoms. The lowest BCUT2D eigenvalue weighted by atomic mass is 10.1. The molecule has 0 aromatic heterocycles. The van der Waals surface area contributed by atoms with E-state index in [0.717, 1.165) is 16.3 Å². The van der Waals surface area contributed by atoms with Crippen LogP contribution < -0.4 is 10.1 Å². The van der Waals surface area contributed by atoms with Crippen molar-refractivity contribution in [2.75, 3.05) is 5.32 Å². The number of ether oxygens (including phenoxy) is 1. The summed E-state index contributed by atoms with van der Waals surface area (Å²) in [6, 6.07) is 17.7. The molecule has 0 saturated heterocycles. The number of benzene rings is 3. The summed E-state index contributed by atoms with van der Waals surface area (Å²) < 4.78 is 5.83. The molecule has 1 atom stereocenters. The fraction of sp³-hybridized carbons (Fsp3) is 0.150. The summed E-state index contributed by atoms with van der Waals surface area (Å²) in [6.45, 7) is 3.42. The maximum atomic E-state index is 12.5. The first-order chi connectivity index (χ1) is 12.5. The summed E-state index contributed by atoms with van der Waals surface area (Å²) in [5.41, 5.74) is 1.06. The van der Waals surface area contributed by atoms with Crippen LogP contribution in [0.3, 0.4) is 0 Å². The number of nitrogens with zero attached hydrogens (tertiary/aromatic N) is 1. The molecule has 0 fully saturated rings. The van der Waals surface area contributed by atoms with Gasteiger partial charge in [-0.1, -0.05) is 42.5 Å². The number of non-ortho nitro benzene ring substituents is 1. The zero-order chi connectivity index (χ0) is 18.7. The quantitative estimate of drug-likeness (QED) is 0.544. The van der Waals surface area contributed by atoms with Crippen molar-refractivity contribution in [1.29, 1.82) is 0 Å². The van der Waals surface area contributed by atoms with Crippen LogP contribution in [0.5, 0.6) is 5.75 Å². The number of nitro benzene ring substituents is 1. The summed E-state index contributed by atoms with van der Waals surface area (Å²) in [5, 5.41) is 15.6. The lowest BCUT2D eigenvalue weighted by Gasteiger charge is -2.17. The number of amides is 1. The lowest BCUT2D eigenvalue weighted by Crippen LogP contribution is -2.30. The van der Waals surface area contributed by atoms with Crippen LogP contribution in [-0.4, -0.2) is 16.9 Å². The highest BCUT2D eigenvalue weighted by Gasteiger charge is 2.18.